The quantitative estimate of drug-likeness (QED) is 0.154. The Kier molecular flexibility index (Phi) is 9.86. The van der Waals surface area contributed by atoms with E-state index in [-0.39, 0.29) is 38.7 Å². The molecule has 0 amide bonds. The average Bonchev–Trinajstić information content (AvgIpc) is 0.868. The highest BCUT2D eigenvalue weighted by Gasteiger charge is 2.58. The van der Waals surface area contributed by atoms with Gasteiger partial charge in [0.25, 0.3) is 20.1 Å². The Hall–Kier alpha value is -9.12. The SMILES string of the molecule is CC(C)c1cc(C(C)C)c(B2c3cc(-c4ccccc4)ccc3N(c3ccccc3)c3cc4c(cc32)B2c3ccccc3N3c5ccccc5B5c6ccccc6N6c7ccccc7B7c8ccccc8N4c4c7c6c5c3c42)c(C(C)C)c1. The highest BCUT2D eigenvalue weighted by atomic mass is 15.2. The number of anilines is 12. The number of nitrogens with zero attached hydrogens (tertiary/aromatic N) is 4. The molecular weight excluding hydrogens is 1000 g/mol. The van der Waals surface area contributed by atoms with E-state index in [4.69, 9.17) is 0 Å². The monoisotopic (exact) mass is 1060 g/mol. The van der Waals surface area contributed by atoms with Crippen LogP contribution in [-0.4, -0.2) is 26.9 Å². The molecule has 18 rings (SSSR count). The lowest BCUT2D eigenvalue weighted by Gasteiger charge is -2.56. The zero-order chi connectivity index (χ0) is 55.3. The first-order valence-electron chi connectivity index (χ1n) is 30.2. The molecule has 0 N–H and O–H groups in total. The van der Waals surface area contributed by atoms with Gasteiger partial charge < -0.3 is 19.6 Å². The topological polar surface area (TPSA) is 13.0 Å². The maximum atomic E-state index is 2.76. The first-order chi connectivity index (χ1) is 40.7. The van der Waals surface area contributed by atoms with Gasteiger partial charge in [-0.05, 0) is 160 Å². The van der Waals surface area contributed by atoms with Crippen molar-refractivity contribution in [3.63, 3.8) is 0 Å². The van der Waals surface area contributed by atoms with Crippen LogP contribution in [0.15, 0.2) is 224 Å². The van der Waals surface area contributed by atoms with Crippen LogP contribution in [0.3, 0.4) is 0 Å². The molecule has 7 aliphatic rings. The van der Waals surface area contributed by atoms with Crippen molar-refractivity contribution < 1.29 is 0 Å². The van der Waals surface area contributed by atoms with Gasteiger partial charge in [-0.15, -0.1) is 0 Å². The van der Waals surface area contributed by atoms with Gasteiger partial charge in [0.2, 0.25) is 6.71 Å². The minimum atomic E-state index is -0.0828. The van der Waals surface area contributed by atoms with E-state index in [1.165, 1.54) is 156 Å². The van der Waals surface area contributed by atoms with Crippen LogP contribution in [0.2, 0.25) is 0 Å². The van der Waals surface area contributed by atoms with E-state index in [1.54, 1.807) is 0 Å². The maximum Gasteiger partial charge on any atom is 0.252 e. The number of rotatable bonds is 6. The van der Waals surface area contributed by atoms with Crippen LogP contribution in [0.25, 0.3) is 11.1 Å². The Morgan fingerprint density at radius 3 is 1.04 bits per heavy atom. The highest BCUT2D eigenvalue weighted by molar-refractivity contribution is 7.09. The summed E-state index contributed by atoms with van der Waals surface area (Å²) in [5, 5.41) is 0. The van der Waals surface area contributed by atoms with Crippen molar-refractivity contribution in [2.45, 2.75) is 59.3 Å². The van der Waals surface area contributed by atoms with Crippen LogP contribution in [0.1, 0.15) is 76.0 Å². The summed E-state index contributed by atoms with van der Waals surface area (Å²) in [4.78, 5) is 10.8. The number of hydrogen-bond donors (Lipinski definition) is 0. The van der Waals surface area contributed by atoms with Crippen molar-refractivity contribution in [3.8, 4) is 11.1 Å². The van der Waals surface area contributed by atoms with E-state index in [1.807, 2.05) is 0 Å². The molecule has 0 saturated carbocycles. The van der Waals surface area contributed by atoms with Crippen molar-refractivity contribution in [2.75, 3.05) is 19.6 Å². The van der Waals surface area contributed by atoms with Gasteiger partial charge in [0, 0.05) is 68.2 Å². The molecule has 0 aromatic heterocycles. The van der Waals surface area contributed by atoms with Crippen LogP contribution >= 0.6 is 0 Å². The molecular formula is C75H58B4N4. The van der Waals surface area contributed by atoms with Crippen LogP contribution in [-0.2, 0) is 0 Å². The molecule has 83 heavy (non-hydrogen) atoms. The van der Waals surface area contributed by atoms with E-state index in [0.29, 0.717) is 5.92 Å². The minimum absolute atomic E-state index is 0.0172. The third kappa shape index (κ3) is 6.21. The first-order valence-corrected chi connectivity index (χ1v) is 30.2. The number of hydrogen-bond acceptors (Lipinski definition) is 4. The molecule has 390 valence electrons. The van der Waals surface area contributed by atoms with Crippen molar-refractivity contribution in [1.29, 1.82) is 0 Å². The molecule has 8 heteroatoms. The Balaban J connectivity index is 1.02. The molecule has 0 bridgehead atoms. The fourth-order valence-electron chi connectivity index (χ4n) is 16.6. The molecule has 11 aromatic carbocycles. The van der Waals surface area contributed by atoms with Gasteiger partial charge in [0.15, 0.2) is 0 Å². The lowest BCUT2D eigenvalue weighted by atomic mass is 9.24. The van der Waals surface area contributed by atoms with Crippen LogP contribution in [0.5, 0.6) is 0 Å². The van der Waals surface area contributed by atoms with Crippen molar-refractivity contribution in [3.05, 3.63) is 241 Å². The molecule has 0 aliphatic carbocycles. The third-order valence-corrected chi connectivity index (χ3v) is 20.0. The van der Waals surface area contributed by atoms with Gasteiger partial charge in [-0.3, -0.25) is 0 Å². The van der Waals surface area contributed by atoms with Gasteiger partial charge >= 0.3 is 0 Å². The second-order valence-electron chi connectivity index (χ2n) is 25.2. The van der Waals surface area contributed by atoms with Crippen molar-refractivity contribution >= 4 is 161 Å². The summed E-state index contributed by atoms with van der Waals surface area (Å²) >= 11 is 0. The normalized spacial score (nSPS) is 14.5. The summed E-state index contributed by atoms with van der Waals surface area (Å²) in [6.07, 6.45) is 0. The summed E-state index contributed by atoms with van der Waals surface area (Å²) in [6, 6.07) is 87.1. The highest BCUT2D eigenvalue weighted by Crippen LogP contribution is 2.52. The predicted octanol–water partition coefficient (Wildman–Crippen LogP) is 10.9. The second-order valence-corrected chi connectivity index (χ2v) is 25.2. The Bertz CT molecular complexity index is 4580. The molecule has 0 saturated heterocycles. The van der Waals surface area contributed by atoms with E-state index in [9.17, 15) is 0 Å². The van der Waals surface area contributed by atoms with Gasteiger partial charge in [-0.1, -0.05) is 217 Å². The average molecular weight is 1060 g/mol. The summed E-state index contributed by atoms with van der Waals surface area (Å²) in [7, 11) is 0. The van der Waals surface area contributed by atoms with Crippen LogP contribution < -0.4 is 85.2 Å². The summed E-state index contributed by atoms with van der Waals surface area (Å²) in [5.41, 5.74) is 38.6. The standard InChI is InChI=1S/C75H58B4N4/c1-44(2)49-39-51(45(3)4)69(52(40-49)46(5)6)79-58-41-48(47-23-9-7-10-24-47)37-38-66(58)80(50-25-11-8-12-26-50)67-43-68-60(42-59(67)79)78-57-31-17-21-35-64(57)82-63-34-20-14-28-54(63)76-53-27-13-18-32-61(53)81-62-33-19-15-29-55(62)77-56-30-16-22-36-65(56)83(68)75-71(77)73(81)70(76)74(82)72(75)78/h7-46H,1-6H3. The number of para-hydroxylation sites is 6. The Morgan fingerprint density at radius 1 is 0.253 bits per heavy atom. The molecule has 11 aromatic rings. The lowest BCUT2D eigenvalue weighted by molar-refractivity contribution is 0.812. The zero-order valence-electron chi connectivity index (χ0n) is 47.7. The molecule has 7 aliphatic heterocycles. The Morgan fingerprint density at radius 2 is 0.602 bits per heavy atom. The largest absolute Gasteiger partial charge is 0.312 e. The van der Waals surface area contributed by atoms with Gasteiger partial charge in [-0.2, -0.15) is 0 Å². The van der Waals surface area contributed by atoms with E-state index in [2.05, 4.69) is 286 Å². The van der Waals surface area contributed by atoms with Crippen LogP contribution in [0.4, 0.5) is 68.2 Å². The fourth-order valence-corrected chi connectivity index (χ4v) is 16.6. The van der Waals surface area contributed by atoms with Gasteiger partial charge in [0.1, 0.15) is 0 Å². The lowest BCUT2D eigenvalue weighted by Crippen LogP contribution is -2.75. The maximum absolute atomic E-state index is 2.76. The minimum Gasteiger partial charge on any atom is -0.312 e. The van der Waals surface area contributed by atoms with E-state index >= 15 is 0 Å². The number of benzene rings is 11. The van der Waals surface area contributed by atoms with Crippen LogP contribution in [0, 0.1) is 0 Å². The molecule has 0 unspecified atom stereocenters. The van der Waals surface area contributed by atoms with Gasteiger partial charge in [-0.25, -0.2) is 0 Å². The predicted molar refractivity (Wildman–Crippen MR) is 358 cm³/mol. The fraction of sp³-hybridized carbons (Fsp3) is 0.120. The molecule has 4 nitrogen and oxygen atoms in total. The third-order valence-electron chi connectivity index (χ3n) is 20.0. The molecule has 0 fully saturated rings. The molecule has 0 spiro atoms. The smallest absolute Gasteiger partial charge is 0.252 e. The van der Waals surface area contributed by atoms with E-state index < -0.39 is 0 Å². The zero-order valence-corrected chi connectivity index (χ0v) is 47.7. The molecule has 7 heterocycles. The second kappa shape index (κ2) is 17.2. The van der Waals surface area contributed by atoms with Gasteiger partial charge in [0.05, 0.1) is 0 Å². The molecule has 0 atom stereocenters. The summed E-state index contributed by atoms with van der Waals surface area (Å²) < 4.78 is 0. The van der Waals surface area contributed by atoms with E-state index in [0.717, 1.165) is 5.69 Å². The summed E-state index contributed by atoms with van der Waals surface area (Å²) in [5.74, 6) is 0.974. The summed E-state index contributed by atoms with van der Waals surface area (Å²) in [6.45, 7) is 14.3. The number of fused-ring (bicyclic) bond motifs is 20. The Labute approximate surface area is 489 Å². The van der Waals surface area contributed by atoms with Crippen molar-refractivity contribution in [1.82, 2.24) is 0 Å². The first kappa shape index (κ1) is 47.5. The van der Waals surface area contributed by atoms with Crippen molar-refractivity contribution in [2.24, 2.45) is 0 Å². The molecule has 0 radical (unpaired) electrons.